The number of aryl methyl sites for hydroxylation is 1. The molecule has 2 N–H and O–H groups in total. The van der Waals surface area contributed by atoms with Gasteiger partial charge in [0.1, 0.15) is 0 Å². The number of nitrogens with zero attached hydrogens (tertiary/aromatic N) is 3. The van der Waals surface area contributed by atoms with Crippen LogP contribution in [0.1, 0.15) is 26.9 Å². The van der Waals surface area contributed by atoms with Gasteiger partial charge in [-0.3, -0.25) is 9.78 Å². The van der Waals surface area contributed by atoms with Gasteiger partial charge in [0.2, 0.25) is 5.89 Å². The quantitative estimate of drug-likeness (QED) is 0.821. The molecule has 0 aliphatic rings. The van der Waals surface area contributed by atoms with E-state index in [4.69, 9.17) is 5.11 Å². The molecule has 2 aromatic rings. The molecule has 0 saturated carbocycles. The Morgan fingerprint density at radius 2 is 2.22 bits per heavy atom. The fraction of sp³-hybridized carbons (Fsp3) is 0.100. The highest BCUT2D eigenvalue weighted by Crippen LogP contribution is 2.14. The van der Waals surface area contributed by atoms with Crippen molar-refractivity contribution in [2.75, 3.05) is 5.32 Å². The SMILES string of the molecule is Cc1nc(C(=O)Nc2cnccc2C(=O)O)no1. The van der Waals surface area contributed by atoms with Crippen molar-refractivity contribution in [3.8, 4) is 0 Å². The Labute approximate surface area is 101 Å². The van der Waals surface area contributed by atoms with E-state index < -0.39 is 11.9 Å². The maximum absolute atomic E-state index is 11.7. The van der Waals surface area contributed by atoms with Crippen LogP contribution in [-0.2, 0) is 0 Å². The first-order valence-corrected chi connectivity index (χ1v) is 4.87. The molecule has 1 amide bonds. The molecule has 2 aromatic heterocycles. The number of carboxylic acid groups (broad SMARTS) is 1. The number of rotatable bonds is 3. The van der Waals surface area contributed by atoms with Gasteiger partial charge in [0, 0.05) is 13.1 Å². The Morgan fingerprint density at radius 3 is 2.83 bits per heavy atom. The van der Waals surface area contributed by atoms with Crippen molar-refractivity contribution in [1.82, 2.24) is 15.1 Å². The minimum Gasteiger partial charge on any atom is -0.478 e. The van der Waals surface area contributed by atoms with Gasteiger partial charge in [0.25, 0.3) is 11.7 Å². The summed E-state index contributed by atoms with van der Waals surface area (Å²) in [6, 6.07) is 1.28. The Morgan fingerprint density at radius 1 is 1.44 bits per heavy atom. The fourth-order valence-corrected chi connectivity index (χ4v) is 1.25. The third-order valence-electron chi connectivity index (χ3n) is 2.03. The maximum Gasteiger partial charge on any atom is 0.337 e. The summed E-state index contributed by atoms with van der Waals surface area (Å²) in [5.41, 5.74) is -0.00369. The van der Waals surface area contributed by atoms with Gasteiger partial charge in [-0.25, -0.2) is 4.79 Å². The van der Waals surface area contributed by atoms with Crippen LogP contribution in [0.5, 0.6) is 0 Å². The monoisotopic (exact) mass is 248 g/mol. The predicted octanol–water partition coefficient (Wildman–Crippen LogP) is 0.724. The lowest BCUT2D eigenvalue weighted by molar-refractivity contribution is 0.0698. The predicted molar refractivity (Wildman–Crippen MR) is 58.2 cm³/mol. The minimum absolute atomic E-state index is 0.0671. The second-order valence-corrected chi connectivity index (χ2v) is 3.32. The van der Waals surface area contributed by atoms with Crippen molar-refractivity contribution in [1.29, 1.82) is 0 Å². The molecule has 8 heteroatoms. The van der Waals surface area contributed by atoms with E-state index in [2.05, 4.69) is 25.0 Å². The topological polar surface area (TPSA) is 118 Å². The average Bonchev–Trinajstić information content (AvgIpc) is 2.76. The van der Waals surface area contributed by atoms with E-state index >= 15 is 0 Å². The highest BCUT2D eigenvalue weighted by molar-refractivity contribution is 6.05. The molecule has 0 fully saturated rings. The summed E-state index contributed by atoms with van der Waals surface area (Å²) in [7, 11) is 0. The molecule has 0 atom stereocenters. The van der Waals surface area contributed by atoms with E-state index in [0.29, 0.717) is 0 Å². The van der Waals surface area contributed by atoms with Gasteiger partial charge in [0.05, 0.1) is 17.4 Å². The second kappa shape index (κ2) is 4.62. The van der Waals surface area contributed by atoms with Crippen LogP contribution in [0.3, 0.4) is 0 Å². The number of carbonyl (C=O) groups is 2. The van der Waals surface area contributed by atoms with Gasteiger partial charge in [-0.05, 0) is 6.07 Å². The third-order valence-corrected chi connectivity index (χ3v) is 2.03. The van der Waals surface area contributed by atoms with Gasteiger partial charge in [-0.1, -0.05) is 5.16 Å². The average molecular weight is 248 g/mol. The van der Waals surface area contributed by atoms with Gasteiger partial charge in [0.15, 0.2) is 0 Å². The zero-order valence-electron chi connectivity index (χ0n) is 9.25. The minimum atomic E-state index is -1.17. The second-order valence-electron chi connectivity index (χ2n) is 3.32. The van der Waals surface area contributed by atoms with Crippen LogP contribution >= 0.6 is 0 Å². The number of aromatic carboxylic acids is 1. The Bertz CT molecular complexity index is 607. The van der Waals surface area contributed by atoms with Crippen molar-refractivity contribution in [3.63, 3.8) is 0 Å². The summed E-state index contributed by atoms with van der Waals surface area (Å²) in [5, 5.41) is 14.7. The largest absolute Gasteiger partial charge is 0.478 e. The first kappa shape index (κ1) is 11.7. The van der Waals surface area contributed by atoms with Crippen LogP contribution < -0.4 is 5.32 Å². The number of pyridine rings is 1. The van der Waals surface area contributed by atoms with E-state index in [9.17, 15) is 9.59 Å². The standard InChI is InChI=1S/C10H8N4O4/c1-5-12-8(14-18-5)9(15)13-7-4-11-3-2-6(7)10(16)17/h2-4H,1H3,(H,13,15)(H,16,17). The molecule has 0 radical (unpaired) electrons. The van der Waals surface area contributed by atoms with Gasteiger partial charge in [-0.15, -0.1) is 0 Å². The van der Waals surface area contributed by atoms with Crippen molar-refractivity contribution in [2.24, 2.45) is 0 Å². The molecule has 2 rings (SSSR count). The van der Waals surface area contributed by atoms with Crippen LogP contribution in [0.25, 0.3) is 0 Å². The van der Waals surface area contributed by atoms with Crippen LogP contribution in [0.4, 0.5) is 5.69 Å². The van der Waals surface area contributed by atoms with Crippen molar-refractivity contribution in [3.05, 3.63) is 35.7 Å². The zero-order valence-corrected chi connectivity index (χ0v) is 9.25. The Balaban J connectivity index is 2.24. The number of aromatic nitrogens is 3. The first-order valence-electron chi connectivity index (χ1n) is 4.87. The molecule has 0 bridgehead atoms. The summed E-state index contributed by atoms with van der Waals surface area (Å²) < 4.78 is 4.65. The fourth-order valence-electron chi connectivity index (χ4n) is 1.25. The smallest absolute Gasteiger partial charge is 0.337 e. The third kappa shape index (κ3) is 2.32. The number of nitrogens with one attached hydrogen (secondary N) is 1. The highest BCUT2D eigenvalue weighted by atomic mass is 16.5. The Kier molecular flexibility index (Phi) is 3.00. The van der Waals surface area contributed by atoms with Crippen LogP contribution in [0.2, 0.25) is 0 Å². The first-order chi connectivity index (χ1) is 8.58. The molecule has 0 aliphatic carbocycles. The molecule has 2 heterocycles. The molecule has 0 aliphatic heterocycles. The van der Waals surface area contributed by atoms with E-state index in [1.165, 1.54) is 25.4 Å². The Hall–Kier alpha value is -2.77. The number of carbonyl (C=O) groups excluding carboxylic acids is 1. The van der Waals surface area contributed by atoms with E-state index in [0.717, 1.165) is 0 Å². The lowest BCUT2D eigenvalue weighted by atomic mass is 10.2. The number of hydrogen-bond donors (Lipinski definition) is 2. The summed E-state index contributed by atoms with van der Waals surface area (Å²) in [6.07, 6.45) is 2.55. The van der Waals surface area contributed by atoms with Crippen molar-refractivity contribution < 1.29 is 19.2 Å². The molecule has 0 spiro atoms. The van der Waals surface area contributed by atoms with Crippen molar-refractivity contribution in [2.45, 2.75) is 6.92 Å². The summed E-state index contributed by atoms with van der Waals surface area (Å²) in [5.74, 6) is -1.77. The number of amides is 1. The summed E-state index contributed by atoms with van der Waals surface area (Å²) in [4.78, 5) is 30.1. The summed E-state index contributed by atoms with van der Waals surface area (Å²) in [6.45, 7) is 1.54. The zero-order chi connectivity index (χ0) is 13.1. The number of anilines is 1. The lowest BCUT2D eigenvalue weighted by Crippen LogP contribution is -2.16. The van der Waals surface area contributed by atoms with Gasteiger partial charge in [-0.2, -0.15) is 4.98 Å². The van der Waals surface area contributed by atoms with E-state index in [-0.39, 0.29) is 23.0 Å². The molecule has 8 nitrogen and oxygen atoms in total. The molecular formula is C10H8N4O4. The van der Waals surface area contributed by atoms with Crippen LogP contribution in [0.15, 0.2) is 23.0 Å². The van der Waals surface area contributed by atoms with Crippen molar-refractivity contribution >= 4 is 17.6 Å². The number of carboxylic acids is 1. The number of hydrogen-bond acceptors (Lipinski definition) is 6. The maximum atomic E-state index is 11.7. The molecular weight excluding hydrogens is 240 g/mol. The highest BCUT2D eigenvalue weighted by Gasteiger charge is 2.17. The van der Waals surface area contributed by atoms with Crippen LogP contribution in [-0.4, -0.2) is 32.1 Å². The van der Waals surface area contributed by atoms with E-state index in [1.807, 2.05) is 0 Å². The van der Waals surface area contributed by atoms with Crippen LogP contribution in [0, 0.1) is 6.92 Å². The molecule has 0 aromatic carbocycles. The van der Waals surface area contributed by atoms with E-state index in [1.54, 1.807) is 0 Å². The summed E-state index contributed by atoms with van der Waals surface area (Å²) >= 11 is 0. The van der Waals surface area contributed by atoms with Gasteiger partial charge >= 0.3 is 5.97 Å². The van der Waals surface area contributed by atoms with Gasteiger partial charge < -0.3 is 14.9 Å². The lowest BCUT2D eigenvalue weighted by Gasteiger charge is -2.04. The molecule has 0 unspecified atom stereocenters. The molecule has 18 heavy (non-hydrogen) atoms. The molecule has 0 saturated heterocycles. The molecule has 92 valence electrons. The normalized spacial score (nSPS) is 10.1.